The second kappa shape index (κ2) is 7.42. The highest BCUT2D eigenvalue weighted by molar-refractivity contribution is 7.13. The number of amides is 1. The molecule has 1 aromatic carbocycles. The molecule has 0 bridgehead atoms. The van der Waals surface area contributed by atoms with Gasteiger partial charge in [-0.3, -0.25) is 4.79 Å². The van der Waals surface area contributed by atoms with Gasteiger partial charge in [0.05, 0.1) is 11.5 Å². The van der Waals surface area contributed by atoms with Gasteiger partial charge in [-0.05, 0) is 42.5 Å². The molecule has 5 nitrogen and oxygen atoms in total. The molecule has 0 aliphatic carbocycles. The van der Waals surface area contributed by atoms with E-state index in [1.807, 2.05) is 55.6 Å². The van der Waals surface area contributed by atoms with Gasteiger partial charge in [-0.15, -0.1) is 11.3 Å². The average molecular weight is 342 g/mol. The fourth-order valence-electron chi connectivity index (χ4n) is 2.22. The van der Waals surface area contributed by atoms with Crippen molar-refractivity contribution >= 4 is 22.9 Å². The minimum absolute atomic E-state index is 0.0332. The maximum atomic E-state index is 12.0. The highest BCUT2D eigenvalue weighted by Gasteiger charge is 2.09. The Hall–Kier alpha value is -2.44. The van der Waals surface area contributed by atoms with E-state index in [2.05, 4.69) is 10.5 Å². The summed E-state index contributed by atoms with van der Waals surface area (Å²) in [5.41, 5.74) is 3.59. The van der Waals surface area contributed by atoms with Crippen molar-refractivity contribution in [3.8, 4) is 10.6 Å². The summed E-state index contributed by atoms with van der Waals surface area (Å²) in [4.78, 5) is 13.0. The Bertz CT molecular complexity index is 825. The van der Waals surface area contributed by atoms with Crippen molar-refractivity contribution in [3.63, 3.8) is 0 Å². The van der Waals surface area contributed by atoms with Crippen LogP contribution in [0.25, 0.3) is 10.6 Å². The van der Waals surface area contributed by atoms with Crippen LogP contribution in [0.2, 0.25) is 0 Å². The molecule has 0 unspecified atom stereocenters. The predicted molar refractivity (Wildman–Crippen MR) is 94.0 cm³/mol. The molecule has 2 heterocycles. The molecule has 0 fully saturated rings. The largest absolute Gasteiger partial charge is 0.365 e. The number of nitrogens with one attached hydrogen (secondary N) is 1. The number of carbonyl (C=O) groups excluding carboxylic acids is 1. The van der Waals surface area contributed by atoms with Gasteiger partial charge < -0.3 is 14.6 Å². The first-order chi connectivity index (χ1) is 11.6. The van der Waals surface area contributed by atoms with Gasteiger partial charge in [0.25, 0.3) is 0 Å². The number of ether oxygens (including phenoxy) is 1. The van der Waals surface area contributed by atoms with E-state index in [9.17, 15) is 4.79 Å². The zero-order valence-electron chi connectivity index (χ0n) is 13.5. The van der Waals surface area contributed by atoms with E-state index in [1.165, 1.54) is 0 Å². The molecule has 124 valence electrons. The van der Waals surface area contributed by atoms with Crippen molar-refractivity contribution in [3.05, 3.63) is 58.6 Å². The topological polar surface area (TPSA) is 64.4 Å². The lowest BCUT2D eigenvalue weighted by Crippen LogP contribution is -2.18. The molecule has 0 saturated carbocycles. The molecule has 0 atom stereocenters. The van der Waals surface area contributed by atoms with Crippen LogP contribution in [0.5, 0.6) is 0 Å². The molecule has 2 aromatic heterocycles. The third-order valence-electron chi connectivity index (χ3n) is 3.47. The van der Waals surface area contributed by atoms with Gasteiger partial charge in [0.2, 0.25) is 5.91 Å². The molecule has 0 radical (unpaired) electrons. The van der Waals surface area contributed by atoms with E-state index in [1.54, 1.807) is 11.3 Å². The van der Waals surface area contributed by atoms with Crippen molar-refractivity contribution in [1.29, 1.82) is 0 Å². The number of nitrogens with zero attached hydrogens (tertiary/aromatic N) is 1. The summed E-state index contributed by atoms with van der Waals surface area (Å²) in [5, 5.41) is 8.79. The summed E-state index contributed by atoms with van der Waals surface area (Å²) < 4.78 is 10.7. The maximum absolute atomic E-state index is 12.0. The van der Waals surface area contributed by atoms with Crippen LogP contribution < -0.4 is 5.32 Å². The number of anilines is 1. The second-order valence-electron chi connectivity index (χ2n) is 5.52. The molecule has 6 heteroatoms. The first-order valence-electron chi connectivity index (χ1n) is 7.56. The summed E-state index contributed by atoms with van der Waals surface area (Å²) in [5.74, 6) is 0.522. The van der Waals surface area contributed by atoms with Crippen LogP contribution in [0.1, 0.15) is 16.8 Å². The van der Waals surface area contributed by atoms with Crippen LogP contribution in [-0.4, -0.2) is 17.7 Å². The first kappa shape index (κ1) is 16.4. The number of hydrogen-bond donors (Lipinski definition) is 1. The van der Waals surface area contributed by atoms with E-state index in [0.29, 0.717) is 11.5 Å². The van der Waals surface area contributed by atoms with Crippen LogP contribution in [0.15, 0.2) is 46.3 Å². The molecule has 1 N–H and O–H groups in total. The van der Waals surface area contributed by atoms with Crippen molar-refractivity contribution in [1.82, 2.24) is 5.16 Å². The van der Waals surface area contributed by atoms with Crippen LogP contribution >= 0.6 is 11.3 Å². The Morgan fingerprint density at radius 2 is 2.17 bits per heavy atom. The van der Waals surface area contributed by atoms with E-state index in [-0.39, 0.29) is 19.1 Å². The SMILES string of the molecule is Cc1ccc(C)c(NC(=O)COCc2cc(-c3cccs3)on2)c1. The Labute approximate surface area is 144 Å². The molecule has 0 aliphatic rings. The van der Waals surface area contributed by atoms with Crippen molar-refractivity contribution in [2.45, 2.75) is 20.5 Å². The average Bonchev–Trinajstić information content (AvgIpc) is 3.22. The summed E-state index contributed by atoms with van der Waals surface area (Å²) >= 11 is 1.58. The van der Waals surface area contributed by atoms with Crippen molar-refractivity contribution in [2.24, 2.45) is 0 Å². The fourth-order valence-corrected chi connectivity index (χ4v) is 2.89. The molecule has 3 rings (SSSR count). The Balaban J connectivity index is 1.49. The van der Waals surface area contributed by atoms with Gasteiger partial charge in [0, 0.05) is 11.8 Å². The number of aromatic nitrogens is 1. The van der Waals surface area contributed by atoms with Gasteiger partial charge in [-0.2, -0.15) is 0 Å². The molecule has 1 amide bonds. The number of benzene rings is 1. The van der Waals surface area contributed by atoms with Gasteiger partial charge in [0.1, 0.15) is 12.3 Å². The summed E-state index contributed by atoms with van der Waals surface area (Å²) in [6.07, 6.45) is 0. The second-order valence-corrected chi connectivity index (χ2v) is 6.47. The quantitative estimate of drug-likeness (QED) is 0.730. The fraction of sp³-hybridized carbons (Fsp3) is 0.222. The molecule has 3 aromatic rings. The lowest BCUT2D eigenvalue weighted by Gasteiger charge is -2.09. The van der Waals surface area contributed by atoms with E-state index >= 15 is 0 Å². The lowest BCUT2D eigenvalue weighted by molar-refractivity contribution is -0.121. The van der Waals surface area contributed by atoms with Gasteiger partial charge in [-0.25, -0.2) is 0 Å². The molecule has 0 saturated heterocycles. The van der Waals surface area contributed by atoms with E-state index in [0.717, 1.165) is 21.7 Å². The van der Waals surface area contributed by atoms with Crippen LogP contribution in [-0.2, 0) is 16.1 Å². The monoisotopic (exact) mass is 342 g/mol. The highest BCUT2D eigenvalue weighted by Crippen LogP contribution is 2.25. The standard InChI is InChI=1S/C18H18N2O3S/c1-12-5-6-13(2)15(8-12)19-18(21)11-22-10-14-9-16(23-20-14)17-4-3-7-24-17/h3-9H,10-11H2,1-2H3,(H,19,21). The molecular weight excluding hydrogens is 324 g/mol. The van der Waals surface area contributed by atoms with E-state index < -0.39 is 0 Å². The van der Waals surface area contributed by atoms with Gasteiger partial charge in [-0.1, -0.05) is 23.4 Å². The Morgan fingerprint density at radius 1 is 1.29 bits per heavy atom. The van der Waals surface area contributed by atoms with Crippen LogP contribution in [0.4, 0.5) is 5.69 Å². The number of rotatable bonds is 6. The third-order valence-corrected chi connectivity index (χ3v) is 4.36. The van der Waals surface area contributed by atoms with E-state index in [4.69, 9.17) is 9.26 Å². The van der Waals surface area contributed by atoms with Crippen molar-refractivity contribution < 1.29 is 14.1 Å². The zero-order chi connectivity index (χ0) is 16.9. The number of aryl methyl sites for hydroxylation is 2. The Kier molecular flexibility index (Phi) is 5.08. The lowest BCUT2D eigenvalue weighted by atomic mass is 10.1. The normalized spacial score (nSPS) is 10.8. The summed E-state index contributed by atoms with van der Waals surface area (Å²) in [7, 11) is 0. The molecule has 0 aliphatic heterocycles. The smallest absolute Gasteiger partial charge is 0.250 e. The zero-order valence-corrected chi connectivity index (χ0v) is 14.4. The third kappa shape index (κ3) is 4.10. The molecule has 0 spiro atoms. The summed E-state index contributed by atoms with van der Waals surface area (Å²) in [6, 6.07) is 11.7. The number of thiophene rings is 1. The molecule has 24 heavy (non-hydrogen) atoms. The highest BCUT2D eigenvalue weighted by atomic mass is 32.1. The first-order valence-corrected chi connectivity index (χ1v) is 8.44. The maximum Gasteiger partial charge on any atom is 0.250 e. The Morgan fingerprint density at radius 3 is 2.96 bits per heavy atom. The number of hydrogen-bond acceptors (Lipinski definition) is 5. The number of carbonyl (C=O) groups is 1. The van der Waals surface area contributed by atoms with Gasteiger partial charge in [0.15, 0.2) is 5.76 Å². The minimum Gasteiger partial charge on any atom is -0.365 e. The van der Waals surface area contributed by atoms with Crippen LogP contribution in [0.3, 0.4) is 0 Å². The summed E-state index contributed by atoms with van der Waals surface area (Å²) in [6.45, 7) is 4.14. The van der Waals surface area contributed by atoms with Crippen LogP contribution in [0, 0.1) is 13.8 Å². The van der Waals surface area contributed by atoms with Crippen molar-refractivity contribution in [2.75, 3.05) is 11.9 Å². The van der Waals surface area contributed by atoms with Gasteiger partial charge >= 0.3 is 0 Å². The predicted octanol–water partition coefficient (Wildman–Crippen LogP) is 4.18. The minimum atomic E-state index is -0.189. The molecular formula is C18H18N2O3S.